The molecule has 5 nitrogen and oxygen atoms in total. The number of anilines is 1. The van der Waals surface area contributed by atoms with Crippen LogP contribution in [0.4, 0.5) is 5.69 Å². The predicted molar refractivity (Wildman–Crippen MR) is 76.4 cm³/mol. The average Bonchev–Trinajstić information content (AvgIpc) is 2.30. The second kappa shape index (κ2) is 5.90. The molecule has 0 unspecified atom stereocenters. The van der Waals surface area contributed by atoms with Gasteiger partial charge in [0.1, 0.15) is 4.90 Å². The Morgan fingerprint density at radius 2 is 1.79 bits per heavy atom. The van der Waals surface area contributed by atoms with Crippen molar-refractivity contribution in [2.45, 2.75) is 38.6 Å². The number of rotatable bonds is 5. The molecule has 19 heavy (non-hydrogen) atoms. The van der Waals surface area contributed by atoms with Crippen molar-refractivity contribution < 1.29 is 13.5 Å². The van der Waals surface area contributed by atoms with Crippen LogP contribution in [0.1, 0.15) is 25.0 Å². The molecule has 4 N–H and O–H groups in total. The van der Waals surface area contributed by atoms with Gasteiger partial charge in [-0.05, 0) is 43.0 Å². The molecular weight excluding hydrogens is 264 g/mol. The molecule has 0 fully saturated rings. The normalized spacial score (nSPS) is 13.8. The van der Waals surface area contributed by atoms with E-state index in [1.807, 2.05) is 27.7 Å². The molecule has 0 saturated heterocycles. The zero-order chi connectivity index (χ0) is 14.8. The van der Waals surface area contributed by atoms with E-state index >= 15 is 0 Å². The molecule has 0 saturated carbocycles. The number of nitrogen functional groups attached to an aromatic ring is 1. The highest BCUT2D eigenvalue weighted by molar-refractivity contribution is 7.89. The summed E-state index contributed by atoms with van der Waals surface area (Å²) in [6, 6.07) is 2.68. The highest BCUT2D eigenvalue weighted by Crippen LogP contribution is 2.23. The van der Waals surface area contributed by atoms with Gasteiger partial charge in [-0.25, -0.2) is 13.1 Å². The van der Waals surface area contributed by atoms with Crippen LogP contribution in [0, 0.1) is 19.8 Å². The van der Waals surface area contributed by atoms with Crippen molar-refractivity contribution in [1.29, 1.82) is 0 Å². The molecule has 0 heterocycles. The molecule has 0 amide bonds. The standard InChI is InChI=1S/C13H22N2O3S/c1-8(2)12(7-16)15-19(17,18)13-6-10(4)9(3)5-11(13)14/h5-6,8,12,15-16H,7,14H2,1-4H3/t12-/m1/s1. The number of sulfonamides is 1. The highest BCUT2D eigenvalue weighted by Gasteiger charge is 2.24. The van der Waals surface area contributed by atoms with E-state index in [0.717, 1.165) is 11.1 Å². The van der Waals surface area contributed by atoms with Crippen LogP contribution in [0.3, 0.4) is 0 Å². The van der Waals surface area contributed by atoms with Crippen LogP contribution < -0.4 is 10.5 Å². The van der Waals surface area contributed by atoms with E-state index in [2.05, 4.69) is 4.72 Å². The van der Waals surface area contributed by atoms with Crippen LogP contribution in [0.2, 0.25) is 0 Å². The first-order valence-electron chi connectivity index (χ1n) is 6.19. The largest absolute Gasteiger partial charge is 0.398 e. The Morgan fingerprint density at radius 3 is 2.26 bits per heavy atom. The monoisotopic (exact) mass is 286 g/mol. The van der Waals surface area contributed by atoms with Crippen molar-refractivity contribution in [3.8, 4) is 0 Å². The lowest BCUT2D eigenvalue weighted by molar-refractivity contribution is 0.227. The van der Waals surface area contributed by atoms with Crippen molar-refractivity contribution in [2.75, 3.05) is 12.3 Å². The number of hydrogen-bond donors (Lipinski definition) is 3. The Bertz CT molecular complexity index is 553. The maximum Gasteiger partial charge on any atom is 0.242 e. The lowest BCUT2D eigenvalue weighted by atomic mass is 10.1. The molecule has 1 rings (SSSR count). The summed E-state index contributed by atoms with van der Waals surface area (Å²) < 4.78 is 27.1. The van der Waals surface area contributed by atoms with E-state index in [-0.39, 0.29) is 23.1 Å². The van der Waals surface area contributed by atoms with Gasteiger partial charge in [-0.3, -0.25) is 0 Å². The van der Waals surface area contributed by atoms with Crippen LogP contribution in [0.5, 0.6) is 0 Å². The molecule has 1 aromatic carbocycles. The predicted octanol–water partition coefficient (Wildman–Crippen LogP) is 1.18. The number of hydrogen-bond acceptors (Lipinski definition) is 4. The fraction of sp³-hybridized carbons (Fsp3) is 0.538. The van der Waals surface area contributed by atoms with Gasteiger partial charge >= 0.3 is 0 Å². The molecule has 0 aliphatic rings. The number of nitrogens with one attached hydrogen (secondary N) is 1. The Hall–Kier alpha value is -1.11. The summed E-state index contributed by atoms with van der Waals surface area (Å²) in [7, 11) is -3.72. The second-order valence-corrected chi connectivity index (χ2v) is 6.81. The molecule has 0 bridgehead atoms. The third-order valence-electron chi connectivity index (χ3n) is 3.22. The number of nitrogens with two attached hydrogens (primary N) is 1. The van der Waals surface area contributed by atoms with Crippen molar-refractivity contribution in [1.82, 2.24) is 4.72 Å². The SMILES string of the molecule is Cc1cc(N)c(S(=O)(=O)N[C@H](CO)C(C)C)cc1C. The molecule has 1 aromatic rings. The zero-order valence-corrected chi connectivity index (χ0v) is 12.6. The first-order valence-corrected chi connectivity index (χ1v) is 7.67. The number of aryl methyl sites for hydroxylation is 2. The van der Waals surface area contributed by atoms with E-state index in [1.54, 1.807) is 12.1 Å². The van der Waals surface area contributed by atoms with Crippen LogP contribution in [0.25, 0.3) is 0 Å². The zero-order valence-electron chi connectivity index (χ0n) is 11.8. The molecule has 0 spiro atoms. The van der Waals surface area contributed by atoms with E-state index in [1.165, 1.54) is 0 Å². The van der Waals surface area contributed by atoms with Gasteiger partial charge in [0.05, 0.1) is 12.3 Å². The second-order valence-electron chi connectivity index (χ2n) is 5.13. The van der Waals surface area contributed by atoms with Crippen LogP contribution in [-0.2, 0) is 10.0 Å². The smallest absolute Gasteiger partial charge is 0.242 e. The van der Waals surface area contributed by atoms with E-state index in [9.17, 15) is 13.5 Å². The van der Waals surface area contributed by atoms with Gasteiger partial charge in [0.25, 0.3) is 0 Å². The molecule has 0 aliphatic heterocycles. The third kappa shape index (κ3) is 3.68. The van der Waals surface area contributed by atoms with E-state index < -0.39 is 16.1 Å². The van der Waals surface area contributed by atoms with Crippen LogP contribution >= 0.6 is 0 Å². The van der Waals surface area contributed by atoms with Gasteiger partial charge in [0.2, 0.25) is 10.0 Å². The topological polar surface area (TPSA) is 92.4 Å². The molecule has 0 radical (unpaired) electrons. The van der Waals surface area contributed by atoms with Crippen molar-refractivity contribution in [2.24, 2.45) is 5.92 Å². The number of aliphatic hydroxyl groups is 1. The van der Waals surface area contributed by atoms with Gasteiger partial charge in [0, 0.05) is 6.04 Å². The van der Waals surface area contributed by atoms with Gasteiger partial charge < -0.3 is 10.8 Å². The third-order valence-corrected chi connectivity index (χ3v) is 4.77. The number of aliphatic hydroxyl groups excluding tert-OH is 1. The average molecular weight is 286 g/mol. The van der Waals surface area contributed by atoms with Gasteiger partial charge in [0.15, 0.2) is 0 Å². The summed E-state index contributed by atoms with van der Waals surface area (Å²) in [5.74, 6) is -0.00690. The Kier molecular flexibility index (Phi) is 4.95. The van der Waals surface area contributed by atoms with Crippen LogP contribution in [0.15, 0.2) is 17.0 Å². The molecule has 0 aromatic heterocycles. The van der Waals surface area contributed by atoms with Crippen LogP contribution in [-0.4, -0.2) is 26.2 Å². The first kappa shape index (κ1) is 15.9. The van der Waals surface area contributed by atoms with Gasteiger partial charge in [-0.15, -0.1) is 0 Å². The Labute approximate surface area is 114 Å². The van der Waals surface area contributed by atoms with Gasteiger partial charge in [-0.1, -0.05) is 13.8 Å². The molecular formula is C13H22N2O3S. The summed E-state index contributed by atoms with van der Waals surface area (Å²) in [6.45, 7) is 7.14. The molecule has 0 aliphatic carbocycles. The maximum atomic E-state index is 12.3. The van der Waals surface area contributed by atoms with E-state index in [0.29, 0.717) is 0 Å². The minimum Gasteiger partial charge on any atom is -0.398 e. The lowest BCUT2D eigenvalue weighted by Crippen LogP contribution is -2.41. The quantitative estimate of drug-likeness (QED) is 0.709. The van der Waals surface area contributed by atoms with Crippen molar-refractivity contribution in [3.05, 3.63) is 23.3 Å². The highest BCUT2D eigenvalue weighted by atomic mass is 32.2. The minimum atomic E-state index is -3.72. The fourth-order valence-electron chi connectivity index (χ4n) is 1.69. The minimum absolute atomic E-state index is 0.00690. The molecule has 6 heteroatoms. The van der Waals surface area contributed by atoms with Gasteiger partial charge in [-0.2, -0.15) is 0 Å². The maximum absolute atomic E-state index is 12.3. The summed E-state index contributed by atoms with van der Waals surface area (Å²) in [4.78, 5) is 0.0645. The first-order chi connectivity index (χ1) is 8.69. The van der Waals surface area contributed by atoms with Crippen molar-refractivity contribution in [3.63, 3.8) is 0 Å². The Balaban J connectivity index is 3.17. The summed E-state index contributed by atoms with van der Waals surface area (Å²) in [5, 5.41) is 9.22. The lowest BCUT2D eigenvalue weighted by Gasteiger charge is -2.20. The summed E-state index contributed by atoms with van der Waals surface area (Å²) in [5.41, 5.74) is 7.81. The van der Waals surface area contributed by atoms with Crippen molar-refractivity contribution >= 4 is 15.7 Å². The molecule has 1 atom stereocenters. The summed E-state index contributed by atoms with van der Waals surface area (Å²) >= 11 is 0. The Morgan fingerprint density at radius 1 is 1.26 bits per heavy atom. The summed E-state index contributed by atoms with van der Waals surface area (Å²) in [6.07, 6.45) is 0. The van der Waals surface area contributed by atoms with E-state index in [4.69, 9.17) is 5.73 Å². The fourth-order valence-corrected chi connectivity index (χ4v) is 3.27. The number of benzene rings is 1. The molecule has 108 valence electrons.